The summed E-state index contributed by atoms with van der Waals surface area (Å²) in [5, 5.41) is 10.8. The molecule has 1 aliphatic carbocycles. The number of ether oxygens (including phenoxy) is 1. The van der Waals surface area contributed by atoms with Gasteiger partial charge in [0.15, 0.2) is 0 Å². The molecular weight excluding hydrogens is 454 g/mol. The van der Waals surface area contributed by atoms with Crippen molar-refractivity contribution in [1.29, 1.82) is 0 Å². The molecule has 186 valence electrons. The molecule has 0 saturated carbocycles. The van der Waals surface area contributed by atoms with Crippen LogP contribution in [0.4, 0.5) is 0 Å². The lowest BCUT2D eigenvalue weighted by Gasteiger charge is -2.42. The molecule has 0 bridgehead atoms. The van der Waals surface area contributed by atoms with Gasteiger partial charge in [-0.15, -0.1) is 11.3 Å². The highest BCUT2D eigenvalue weighted by Crippen LogP contribution is 2.49. The average Bonchev–Trinajstić information content (AvgIpc) is 3.35. The second-order valence-electron chi connectivity index (χ2n) is 11.0. The molecule has 4 nitrogen and oxygen atoms in total. The maximum atomic E-state index is 13.3. The van der Waals surface area contributed by atoms with Crippen LogP contribution < -0.4 is 4.74 Å². The summed E-state index contributed by atoms with van der Waals surface area (Å²) in [4.78, 5) is 16.6. The number of hydrogen-bond donors (Lipinski definition) is 1. The van der Waals surface area contributed by atoms with Gasteiger partial charge in [-0.3, -0.25) is 4.79 Å². The van der Waals surface area contributed by atoms with Crippen LogP contribution in [0.15, 0.2) is 54.6 Å². The molecule has 35 heavy (non-hydrogen) atoms. The van der Waals surface area contributed by atoms with Crippen LogP contribution in [0.2, 0.25) is 0 Å². The fourth-order valence-corrected chi connectivity index (χ4v) is 6.06. The summed E-state index contributed by atoms with van der Waals surface area (Å²) >= 11 is 1.47. The van der Waals surface area contributed by atoms with Crippen LogP contribution in [0.5, 0.6) is 5.75 Å². The third kappa shape index (κ3) is 4.76. The Morgan fingerprint density at radius 3 is 2.20 bits per heavy atom. The summed E-state index contributed by atoms with van der Waals surface area (Å²) < 4.78 is 5.84. The Labute approximate surface area is 213 Å². The van der Waals surface area contributed by atoms with E-state index in [0.29, 0.717) is 4.88 Å². The molecule has 1 heterocycles. The first-order chi connectivity index (χ1) is 16.5. The molecule has 0 spiro atoms. The van der Waals surface area contributed by atoms with Crippen molar-refractivity contribution < 1.29 is 14.6 Å². The standard InChI is InChI=1S/C30H37NO3S/c1-19(27(32)20-11-9-8-10-12-20)31(6)28(33)26-14-13-25(35-26)21-17-22-23(18-24(21)34-7)30(4,5)16-15-29(22,2)3/h8-14,17-19,27,32H,15-16H2,1-7H3/t19-,27+/m1/s1. The van der Waals surface area contributed by atoms with Gasteiger partial charge >= 0.3 is 0 Å². The molecule has 5 heteroatoms. The van der Waals surface area contributed by atoms with Crippen LogP contribution in [0.1, 0.15) is 79.9 Å². The predicted octanol–water partition coefficient (Wildman–Crippen LogP) is 6.97. The fraction of sp³-hybridized carbons (Fsp3) is 0.433. The van der Waals surface area contributed by atoms with Crippen molar-refractivity contribution in [2.45, 2.75) is 70.4 Å². The largest absolute Gasteiger partial charge is 0.496 e. The van der Waals surface area contributed by atoms with Gasteiger partial charge in [0.25, 0.3) is 5.91 Å². The smallest absolute Gasteiger partial charge is 0.264 e. The van der Waals surface area contributed by atoms with Crippen molar-refractivity contribution in [3.63, 3.8) is 0 Å². The van der Waals surface area contributed by atoms with E-state index in [-0.39, 0.29) is 22.8 Å². The number of amides is 1. The Hall–Kier alpha value is -2.63. The van der Waals surface area contributed by atoms with Gasteiger partial charge < -0.3 is 14.7 Å². The minimum Gasteiger partial charge on any atom is -0.496 e. The van der Waals surface area contributed by atoms with E-state index in [4.69, 9.17) is 4.74 Å². The van der Waals surface area contributed by atoms with Crippen molar-refractivity contribution in [2.24, 2.45) is 0 Å². The first kappa shape index (κ1) is 25.5. The number of likely N-dealkylation sites (N-methyl/N-ethyl adjacent to an activating group) is 1. The summed E-state index contributed by atoms with van der Waals surface area (Å²) in [6, 6.07) is 17.5. The van der Waals surface area contributed by atoms with Crippen molar-refractivity contribution >= 4 is 17.2 Å². The number of carbonyl (C=O) groups is 1. The van der Waals surface area contributed by atoms with E-state index in [1.54, 1.807) is 19.1 Å². The quantitative estimate of drug-likeness (QED) is 0.405. The summed E-state index contributed by atoms with van der Waals surface area (Å²) in [5.74, 6) is 0.749. The molecule has 1 aliphatic rings. The zero-order valence-electron chi connectivity index (χ0n) is 21.9. The number of thiophene rings is 1. The number of benzene rings is 2. The molecule has 3 aromatic rings. The SMILES string of the molecule is COc1cc2c(cc1-c1ccc(C(=O)N(C)[C@H](C)[C@H](O)c3ccccc3)s1)C(C)(C)CCC2(C)C. The van der Waals surface area contributed by atoms with Crippen LogP contribution >= 0.6 is 11.3 Å². The number of hydrogen-bond acceptors (Lipinski definition) is 4. The van der Waals surface area contributed by atoms with E-state index in [2.05, 4.69) is 39.8 Å². The predicted molar refractivity (Wildman–Crippen MR) is 145 cm³/mol. The van der Waals surface area contributed by atoms with E-state index < -0.39 is 6.10 Å². The van der Waals surface area contributed by atoms with Gasteiger partial charge in [0.1, 0.15) is 5.75 Å². The summed E-state index contributed by atoms with van der Waals surface area (Å²) in [7, 11) is 3.47. The number of aliphatic hydroxyl groups is 1. The molecule has 2 atom stereocenters. The molecule has 0 unspecified atom stereocenters. The summed E-state index contributed by atoms with van der Waals surface area (Å²) in [6.45, 7) is 11.1. The van der Waals surface area contributed by atoms with Crippen molar-refractivity contribution in [2.75, 3.05) is 14.2 Å². The average molecular weight is 492 g/mol. The Morgan fingerprint density at radius 2 is 1.60 bits per heavy atom. The number of methoxy groups -OCH3 is 1. The van der Waals surface area contributed by atoms with Crippen LogP contribution in [0, 0.1) is 0 Å². The third-order valence-corrected chi connectivity index (χ3v) is 8.89. The number of nitrogens with zero attached hydrogens (tertiary/aromatic N) is 1. The molecule has 0 fully saturated rings. The maximum absolute atomic E-state index is 13.3. The van der Waals surface area contributed by atoms with E-state index in [1.807, 2.05) is 49.4 Å². The highest BCUT2D eigenvalue weighted by molar-refractivity contribution is 7.17. The second-order valence-corrected chi connectivity index (χ2v) is 12.1. The molecule has 0 radical (unpaired) electrons. The van der Waals surface area contributed by atoms with Gasteiger partial charge in [0.2, 0.25) is 0 Å². The van der Waals surface area contributed by atoms with Crippen LogP contribution in [-0.4, -0.2) is 36.1 Å². The third-order valence-electron chi connectivity index (χ3n) is 7.78. The topological polar surface area (TPSA) is 49.8 Å². The molecule has 1 aromatic heterocycles. The lowest BCUT2D eigenvalue weighted by atomic mass is 9.63. The minimum absolute atomic E-state index is 0.0883. The maximum Gasteiger partial charge on any atom is 0.264 e. The normalized spacial score (nSPS) is 17.8. The number of aliphatic hydroxyl groups excluding tert-OH is 1. The van der Waals surface area contributed by atoms with Gasteiger partial charge in [-0.2, -0.15) is 0 Å². The van der Waals surface area contributed by atoms with Gasteiger partial charge in [-0.25, -0.2) is 0 Å². The summed E-state index contributed by atoms with van der Waals surface area (Å²) in [6.07, 6.45) is 1.53. The van der Waals surface area contributed by atoms with Crippen LogP contribution in [0.25, 0.3) is 10.4 Å². The van der Waals surface area contributed by atoms with Gasteiger partial charge in [-0.1, -0.05) is 58.0 Å². The van der Waals surface area contributed by atoms with Crippen molar-refractivity contribution in [3.05, 3.63) is 76.2 Å². The highest BCUT2D eigenvalue weighted by atomic mass is 32.1. The second kappa shape index (κ2) is 9.44. The van der Waals surface area contributed by atoms with E-state index in [1.165, 1.54) is 22.5 Å². The van der Waals surface area contributed by atoms with E-state index in [9.17, 15) is 9.90 Å². The van der Waals surface area contributed by atoms with E-state index >= 15 is 0 Å². The first-order valence-corrected chi connectivity index (χ1v) is 13.1. The highest BCUT2D eigenvalue weighted by Gasteiger charge is 2.38. The Morgan fingerprint density at radius 1 is 1.00 bits per heavy atom. The molecule has 4 rings (SSSR count). The molecule has 0 aliphatic heterocycles. The number of rotatable bonds is 6. The lowest BCUT2D eigenvalue weighted by Crippen LogP contribution is -2.38. The molecule has 0 saturated heterocycles. The van der Waals surface area contributed by atoms with E-state index in [0.717, 1.165) is 34.6 Å². The molecule has 1 amide bonds. The van der Waals surface area contributed by atoms with Crippen LogP contribution in [-0.2, 0) is 10.8 Å². The fourth-order valence-electron chi connectivity index (χ4n) is 5.05. The van der Waals surface area contributed by atoms with Gasteiger partial charge in [0, 0.05) is 17.5 Å². The first-order valence-electron chi connectivity index (χ1n) is 12.3. The Kier molecular flexibility index (Phi) is 6.87. The van der Waals surface area contributed by atoms with Gasteiger partial charge in [-0.05, 0) is 71.6 Å². The van der Waals surface area contributed by atoms with Crippen molar-refractivity contribution in [1.82, 2.24) is 4.90 Å². The minimum atomic E-state index is -0.754. The molecule has 2 aromatic carbocycles. The Bertz CT molecular complexity index is 1210. The zero-order chi connectivity index (χ0) is 25.5. The van der Waals surface area contributed by atoms with Crippen molar-refractivity contribution in [3.8, 4) is 16.2 Å². The van der Waals surface area contributed by atoms with Crippen LogP contribution in [0.3, 0.4) is 0 Å². The zero-order valence-corrected chi connectivity index (χ0v) is 22.7. The number of fused-ring (bicyclic) bond motifs is 1. The number of carbonyl (C=O) groups excluding carboxylic acids is 1. The summed E-state index contributed by atoms with van der Waals surface area (Å²) in [5.41, 5.74) is 4.74. The molecule has 1 N–H and O–H groups in total. The molecular formula is C30H37NO3S. The Balaban J connectivity index is 1.65. The monoisotopic (exact) mass is 491 g/mol. The van der Waals surface area contributed by atoms with Gasteiger partial charge in [0.05, 0.1) is 24.1 Å². The lowest BCUT2D eigenvalue weighted by molar-refractivity contribution is 0.0491.